The first-order chi connectivity index (χ1) is 16.4. The number of carbonyl (C=O) groups excluding carboxylic acids is 1. The molecule has 0 aliphatic carbocycles. The fourth-order valence-corrected chi connectivity index (χ4v) is 4.09. The van der Waals surface area contributed by atoms with E-state index >= 15 is 0 Å². The Morgan fingerprint density at radius 3 is 2.29 bits per heavy atom. The number of carbonyl (C=O) groups is 1. The zero-order valence-electron chi connectivity index (χ0n) is 17.9. The number of aromatic nitrogens is 4. The van der Waals surface area contributed by atoms with E-state index in [1.165, 1.54) is 11.8 Å². The summed E-state index contributed by atoms with van der Waals surface area (Å²) >= 11 is 1.52. The summed E-state index contributed by atoms with van der Waals surface area (Å²) in [5, 5.41) is 12.0. The molecule has 0 bridgehead atoms. The van der Waals surface area contributed by atoms with E-state index in [2.05, 4.69) is 20.5 Å². The quantitative estimate of drug-likeness (QED) is 0.359. The first-order valence-electron chi connectivity index (χ1n) is 10.3. The van der Waals surface area contributed by atoms with Crippen LogP contribution >= 0.6 is 11.8 Å². The highest BCUT2D eigenvalue weighted by atomic mass is 32.2. The Kier molecular flexibility index (Phi) is 7.27. The third kappa shape index (κ3) is 6.02. The van der Waals surface area contributed by atoms with Crippen LogP contribution in [0.2, 0.25) is 0 Å². The highest BCUT2D eigenvalue weighted by molar-refractivity contribution is 7.98. The van der Waals surface area contributed by atoms with Crippen molar-refractivity contribution >= 4 is 17.7 Å². The van der Waals surface area contributed by atoms with Gasteiger partial charge in [-0.25, -0.2) is 0 Å². The monoisotopic (exact) mass is 483 g/mol. The number of hydrogen-bond acceptors (Lipinski definition) is 5. The van der Waals surface area contributed by atoms with Crippen LogP contribution in [0.4, 0.5) is 13.2 Å². The summed E-state index contributed by atoms with van der Waals surface area (Å²) in [7, 11) is 0. The molecule has 0 fully saturated rings. The second-order valence-corrected chi connectivity index (χ2v) is 8.31. The molecule has 34 heavy (non-hydrogen) atoms. The fourth-order valence-electron chi connectivity index (χ4n) is 3.18. The molecule has 0 saturated carbocycles. The van der Waals surface area contributed by atoms with Gasteiger partial charge >= 0.3 is 6.18 Å². The number of hydrogen-bond donors (Lipinski definition) is 1. The Labute approximate surface area is 198 Å². The average molecular weight is 484 g/mol. The molecule has 0 spiro atoms. The second kappa shape index (κ2) is 10.5. The van der Waals surface area contributed by atoms with Gasteiger partial charge < -0.3 is 9.88 Å². The van der Waals surface area contributed by atoms with Crippen LogP contribution in [-0.4, -0.2) is 25.7 Å². The predicted molar refractivity (Wildman–Crippen MR) is 122 cm³/mol. The van der Waals surface area contributed by atoms with Crippen molar-refractivity contribution in [1.29, 1.82) is 0 Å². The molecule has 0 saturated heterocycles. The van der Waals surface area contributed by atoms with Crippen molar-refractivity contribution in [3.05, 3.63) is 107 Å². The van der Waals surface area contributed by atoms with Crippen molar-refractivity contribution < 1.29 is 18.0 Å². The van der Waals surface area contributed by atoms with E-state index in [0.717, 1.165) is 35.4 Å². The summed E-state index contributed by atoms with van der Waals surface area (Å²) in [6.07, 6.45) is -0.993. The van der Waals surface area contributed by atoms with Gasteiger partial charge in [-0.1, -0.05) is 42.1 Å². The van der Waals surface area contributed by atoms with Gasteiger partial charge in [-0.05, 0) is 47.5 Å². The Bertz CT molecular complexity index is 1230. The molecule has 2 aromatic carbocycles. The van der Waals surface area contributed by atoms with Crippen LogP contribution in [0.1, 0.15) is 32.9 Å². The average Bonchev–Trinajstić information content (AvgIpc) is 3.23. The number of amides is 1. The summed E-state index contributed by atoms with van der Waals surface area (Å²) in [4.78, 5) is 16.5. The van der Waals surface area contributed by atoms with E-state index in [1.807, 2.05) is 47.0 Å². The van der Waals surface area contributed by atoms with Crippen LogP contribution in [0.15, 0.2) is 84.3 Å². The van der Waals surface area contributed by atoms with Crippen LogP contribution in [0.25, 0.3) is 0 Å². The van der Waals surface area contributed by atoms with Crippen molar-refractivity contribution in [1.82, 2.24) is 25.1 Å². The van der Waals surface area contributed by atoms with E-state index in [4.69, 9.17) is 0 Å². The Hall–Kier alpha value is -3.66. The molecule has 1 N–H and O–H groups in total. The highest BCUT2D eigenvalue weighted by Gasteiger charge is 2.30. The largest absolute Gasteiger partial charge is 0.416 e. The second-order valence-electron chi connectivity index (χ2n) is 7.37. The topological polar surface area (TPSA) is 72.7 Å². The van der Waals surface area contributed by atoms with Crippen LogP contribution < -0.4 is 5.32 Å². The van der Waals surface area contributed by atoms with Crippen molar-refractivity contribution in [2.24, 2.45) is 0 Å². The molecule has 0 aliphatic rings. The minimum absolute atomic E-state index is 0.0789. The summed E-state index contributed by atoms with van der Waals surface area (Å²) in [5.74, 6) is 0.725. The highest BCUT2D eigenvalue weighted by Crippen LogP contribution is 2.29. The van der Waals surface area contributed by atoms with Gasteiger partial charge in [0.1, 0.15) is 0 Å². The SMILES string of the molecule is O=C(NCc1nnc(SCc2ccncc2)n1Cc1ccccc1)c1ccc(C(F)(F)F)cc1. The van der Waals surface area contributed by atoms with Crippen LogP contribution in [0.5, 0.6) is 0 Å². The molecule has 0 atom stereocenters. The van der Waals surface area contributed by atoms with Gasteiger partial charge in [0.25, 0.3) is 5.91 Å². The number of halogens is 3. The fraction of sp³-hybridized carbons (Fsp3) is 0.167. The third-order valence-corrected chi connectivity index (χ3v) is 6.01. The molecule has 4 rings (SSSR count). The number of nitrogens with one attached hydrogen (secondary N) is 1. The number of benzene rings is 2. The Morgan fingerprint density at radius 2 is 1.62 bits per heavy atom. The van der Waals surface area contributed by atoms with E-state index in [9.17, 15) is 18.0 Å². The van der Waals surface area contributed by atoms with Gasteiger partial charge in [0.15, 0.2) is 11.0 Å². The summed E-state index contributed by atoms with van der Waals surface area (Å²) < 4.78 is 40.2. The van der Waals surface area contributed by atoms with Crippen molar-refractivity contribution in [2.75, 3.05) is 0 Å². The Balaban J connectivity index is 1.48. The Morgan fingerprint density at radius 1 is 0.912 bits per heavy atom. The van der Waals surface area contributed by atoms with Crippen LogP contribution in [-0.2, 0) is 25.0 Å². The van der Waals surface area contributed by atoms with E-state index in [1.54, 1.807) is 12.4 Å². The van der Waals surface area contributed by atoms with Crippen LogP contribution in [0.3, 0.4) is 0 Å². The lowest BCUT2D eigenvalue weighted by atomic mass is 10.1. The van der Waals surface area contributed by atoms with Gasteiger partial charge in [-0.2, -0.15) is 13.2 Å². The van der Waals surface area contributed by atoms with Gasteiger partial charge in [-0.3, -0.25) is 9.78 Å². The number of alkyl halides is 3. The normalized spacial score (nSPS) is 11.4. The zero-order chi connectivity index (χ0) is 24.0. The standard InChI is InChI=1S/C24H20F3N5OS/c25-24(26,27)20-8-6-19(7-9-20)22(33)29-14-21-30-31-23(34-16-18-10-12-28-13-11-18)32(21)15-17-4-2-1-3-5-17/h1-13H,14-16H2,(H,29,33). The first kappa shape index (κ1) is 23.5. The molecule has 0 unspecified atom stereocenters. The van der Waals surface area contributed by atoms with Crippen molar-refractivity contribution in [3.8, 4) is 0 Å². The molecule has 4 aromatic rings. The maximum absolute atomic E-state index is 12.8. The maximum atomic E-state index is 12.8. The molecule has 0 radical (unpaired) electrons. The van der Waals surface area contributed by atoms with E-state index < -0.39 is 17.6 Å². The molecule has 0 aliphatic heterocycles. The molecular weight excluding hydrogens is 463 g/mol. The van der Waals surface area contributed by atoms with E-state index in [0.29, 0.717) is 23.3 Å². The zero-order valence-corrected chi connectivity index (χ0v) is 18.7. The van der Waals surface area contributed by atoms with E-state index in [-0.39, 0.29) is 12.1 Å². The smallest absolute Gasteiger partial charge is 0.345 e. The molecule has 174 valence electrons. The number of rotatable bonds is 8. The third-order valence-electron chi connectivity index (χ3n) is 4.98. The summed E-state index contributed by atoms with van der Waals surface area (Å²) in [6, 6.07) is 17.7. The molecule has 10 heteroatoms. The maximum Gasteiger partial charge on any atom is 0.416 e. The van der Waals surface area contributed by atoms with Gasteiger partial charge in [-0.15, -0.1) is 10.2 Å². The first-order valence-corrected chi connectivity index (χ1v) is 11.3. The van der Waals surface area contributed by atoms with Crippen LogP contribution in [0, 0.1) is 0 Å². The molecule has 2 heterocycles. The van der Waals surface area contributed by atoms with Gasteiger partial charge in [0.2, 0.25) is 0 Å². The molecule has 6 nitrogen and oxygen atoms in total. The lowest BCUT2D eigenvalue weighted by Gasteiger charge is -2.12. The summed E-state index contributed by atoms with van der Waals surface area (Å²) in [6.45, 7) is 0.591. The van der Waals surface area contributed by atoms with Gasteiger partial charge in [0, 0.05) is 23.7 Å². The minimum Gasteiger partial charge on any atom is -0.345 e. The minimum atomic E-state index is -4.45. The lowest BCUT2D eigenvalue weighted by Crippen LogP contribution is -2.25. The summed E-state index contributed by atoms with van der Waals surface area (Å²) in [5.41, 5.74) is 1.46. The molecule has 1 amide bonds. The lowest BCUT2D eigenvalue weighted by molar-refractivity contribution is -0.137. The molecule has 2 aromatic heterocycles. The number of thioether (sulfide) groups is 1. The number of pyridine rings is 1. The number of nitrogens with zero attached hydrogens (tertiary/aromatic N) is 4. The van der Waals surface area contributed by atoms with Crippen molar-refractivity contribution in [2.45, 2.75) is 30.2 Å². The molecular formula is C24H20F3N5OS. The predicted octanol–water partition coefficient (Wildman–Crippen LogP) is 4.96. The van der Waals surface area contributed by atoms with Gasteiger partial charge in [0.05, 0.1) is 18.7 Å². The van der Waals surface area contributed by atoms with Crippen molar-refractivity contribution in [3.63, 3.8) is 0 Å².